The molecule has 1 unspecified atom stereocenters. The zero-order valence-electron chi connectivity index (χ0n) is 15.2. The minimum Gasteiger partial charge on any atom is -0.409 e. The van der Waals surface area contributed by atoms with Crippen LogP contribution in [0.25, 0.3) is 0 Å². The highest BCUT2D eigenvalue weighted by Gasteiger charge is 2.35. The van der Waals surface area contributed by atoms with Crippen LogP contribution in [0.1, 0.15) is 46.0 Å². The minimum atomic E-state index is -0.719. The number of carbonyl (C=O) groups excluding carboxylic acids is 2. The fourth-order valence-corrected chi connectivity index (χ4v) is 3.30. The van der Waals surface area contributed by atoms with Gasteiger partial charge in [0.05, 0.1) is 10.7 Å². The molecule has 26 heavy (non-hydrogen) atoms. The van der Waals surface area contributed by atoms with Crippen molar-refractivity contribution in [3.05, 3.63) is 22.2 Å². The number of halogens is 2. The fourth-order valence-electron chi connectivity index (χ4n) is 2.89. The molecule has 1 fully saturated rings. The van der Waals surface area contributed by atoms with Gasteiger partial charge in [0.15, 0.2) is 5.75 Å². The number of benzene rings is 1. The van der Waals surface area contributed by atoms with E-state index in [1.54, 1.807) is 13.0 Å². The molecule has 2 amide bonds. The fraction of sp³-hybridized carbons (Fsp3) is 0.556. The molecule has 0 spiro atoms. The molecule has 0 radical (unpaired) electrons. The molecule has 6 nitrogen and oxygen atoms in total. The van der Waals surface area contributed by atoms with E-state index in [9.17, 15) is 9.59 Å². The lowest BCUT2D eigenvalue weighted by Crippen LogP contribution is -2.36. The molecule has 1 aromatic carbocycles. The lowest BCUT2D eigenvalue weighted by molar-refractivity contribution is -0.126. The van der Waals surface area contributed by atoms with Gasteiger partial charge in [0, 0.05) is 12.5 Å². The van der Waals surface area contributed by atoms with Crippen molar-refractivity contribution in [3.8, 4) is 5.75 Å². The van der Waals surface area contributed by atoms with E-state index in [-0.39, 0.29) is 21.7 Å². The van der Waals surface area contributed by atoms with Crippen LogP contribution in [0.15, 0.2) is 12.1 Å². The summed E-state index contributed by atoms with van der Waals surface area (Å²) in [7, 11) is 1.46. The molecular weight excluding hydrogens is 379 g/mol. The number of rotatable bonds is 5. The molecule has 1 atom stereocenters. The number of ether oxygens (including phenoxy) is 2. The zero-order chi connectivity index (χ0) is 19.3. The number of carbonyl (C=O) groups is 2. The monoisotopic (exact) mass is 402 g/mol. The summed E-state index contributed by atoms with van der Waals surface area (Å²) in [5, 5.41) is 5.50. The predicted octanol–water partition coefficient (Wildman–Crippen LogP) is 4.98. The van der Waals surface area contributed by atoms with E-state index in [4.69, 9.17) is 32.7 Å². The molecule has 1 aliphatic rings. The molecule has 2 N–H and O–H groups in total. The van der Waals surface area contributed by atoms with Crippen LogP contribution in [0.2, 0.25) is 10.0 Å². The maximum absolute atomic E-state index is 12.6. The predicted molar refractivity (Wildman–Crippen MR) is 102 cm³/mol. The van der Waals surface area contributed by atoms with Crippen LogP contribution < -0.4 is 15.4 Å². The second-order valence-electron chi connectivity index (χ2n) is 6.73. The van der Waals surface area contributed by atoms with Crippen LogP contribution in [-0.4, -0.2) is 25.3 Å². The quantitative estimate of drug-likeness (QED) is 0.680. The van der Waals surface area contributed by atoms with Gasteiger partial charge < -0.3 is 14.8 Å². The van der Waals surface area contributed by atoms with Gasteiger partial charge in [-0.1, -0.05) is 49.4 Å². The smallest absolute Gasteiger partial charge is 0.409 e. The minimum absolute atomic E-state index is 0.0542. The van der Waals surface area contributed by atoms with Crippen molar-refractivity contribution in [1.29, 1.82) is 0 Å². The number of amides is 2. The first-order chi connectivity index (χ1) is 12.3. The Balaban J connectivity index is 2.09. The van der Waals surface area contributed by atoms with Crippen LogP contribution in [0.4, 0.5) is 10.5 Å². The van der Waals surface area contributed by atoms with Crippen LogP contribution in [0, 0.1) is 5.41 Å². The summed E-state index contributed by atoms with van der Waals surface area (Å²) in [5.74, 6) is 0.0230. The standard InChI is InChI=1S/C18H24Cl2N2O4/c1-11(25-3)21-17(24)26-13-8-7-12(14(19)15(13)20)22-16(23)18(2)9-5-4-6-10-18/h7-8,11H,4-6,9-10H2,1-3H3,(H,21,24)(H,22,23). The topological polar surface area (TPSA) is 76.7 Å². The molecule has 1 aromatic rings. The Morgan fingerprint density at radius 3 is 2.42 bits per heavy atom. The van der Waals surface area contributed by atoms with Crippen molar-refractivity contribution < 1.29 is 19.1 Å². The van der Waals surface area contributed by atoms with E-state index >= 15 is 0 Å². The van der Waals surface area contributed by atoms with E-state index in [2.05, 4.69) is 10.6 Å². The van der Waals surface area contributed by atoms with Crippen molar-refractivity contribution in [3.63, 3.8) is 0 Å². The van der Waals surface area contributed by atoms with Gasteiger partial charge in [-0.05, 0) is 31.9 Å². The van der Waals surface area contributed by atoms with Gasteiger partial charge in [0.2, 0.25) is 5.91 Å². The second kappa shape index (κ2) is 8.93. The molecule has 0 heterocycles. The van der Waals surface area contributed by atoms with Crippen molar-refractivity contribution in [2.45, 2.75) is 52.2 Å². The van der Waals surface area contributed by atoms with Gasteiger partial charge in [-0.3, -0.25) is 10.1 Å². The van der Waals surface area contributed by atoms with Crippen LogP contribution in [0.5, 0.6) is 5.75 Å². The van der Waals surface area contributed by atoms with Gasteiger partial charge in [0.1, 0.15) is 11.3 Å². The summed E-state index contributed by atoms with van der Waals surface area (Å²) in [6.45, 7) is 3.62. The van der Waals surface area contributed by atoms with Crippen molar-refractivity contribution in [2.24, 2.45) is 5.41 Å². The van der Waals surface area contributed by atoms with Gasteiger partial charge in [-0.2, -0.15) is 0 Å². The molecule has 0 aliphatic heterocycles. The lowest BCUT2D eigenvalue weighted by Gasteiger charge is -2.32. The van der Waals surface area contributed by atoms with Crippen molar-refractivity contribution in [1.82, 2.24) is 5.32 Å². The highest BCUT2D eigenvalue weighted by atomic mass is 35.5. The highest BCUT2D eigenvalue weighted by molar-refractivity contribution is 6.45. The average Bonchev–Trinajstić information content (AvgIpc) is 2.61. The Bertz CT molecular complexity index is 675. The summed E-state index contributed by atoms with van der Waals surface area (Å²) in [6, 6.07) is 3.06. The summed E-state index contributed by atoms with van der Waals surface area (Å²) in [5.41, 5.74) is -0.00848. The normalized spacial score (nSPS) is 17.3. The first-order valence-corrected chi connectivity index (χ1v) is 9.33. The van der Waals surface area contributed by atoms with E-state index < -0.39 is 17.7 Å². The largest absolute Gasteiger partial charge is 0.414 e. The number of hydrogen-bond donors (Lipinski definition) is 2. The second-order valence-corrected chi connectivity index (χ2v) is 7.48. The Morgan fingerprint density at radius 1 is 1.15 bits per heavy atom. The molecule has 1 saturated carbocycles. The summed E-state index contributed by atoms with van der Waals surface area (Å²) >= 11 is 12.5. The van der Waals surface area contributed by atoms with Crippen molar-refractivity contribution >= 4 is 40.9 Å². The first kappa shape index (κ1) is 20.8. The number of hydrogen-bond acceptors (Lipinski definition) is 4. The summed E-state index contributed by atoms with van der Waals surface area (Å²) < 4.78 is 10.1. The Morgan fingerprint density at radius 2 is 1.81 bits per heavy atom. The summed E-state index contributed by atoms with van der Waals surface area (Å²) in [4.78, 5) is 24.4. The highest BCUT2D eigenvalue weighted by Crippen LogP contribution is 2.40. The molecule has 144 valence electrons. The van der Waals surface area contributed by atoms with E-state index in [0.29, 0.717) is 5.69 Å². The van der Waals surface area contributed by atoms with E-state index in [0.717, 1.165) is 32.1 Å². The third-order valence-corrected chi connectivity index (χ3v) is 5.54. The third kappa shape index (κ3) is 5.02. The van der Waals surface area contributed by atoms with Crippen LogP contribution in [0.3, 0.4) is 0 Å². The molecular formula is C18H24Cl2N2O4. The maximum Gasteiger partial charge on any atom is 0.414 e. The van der Waals surface area contributed by atoms with E-state index in [1.165, 1.54) is 13.2 Å². The number of nitrogens with one attached hydrogen (secondary N) is 2. The Kier molecular flexibility index (Phi) is 7.15. The average molecular weight is 403 g/mol. The van der Waals surface area contributed by atoms with Gasteiger partial charge in [-0.25, -0.2) is 4.79 Å². The molecule has 0 aromatic heterocycles. The van der Waals surface area contributed by atoms with Crippen molar-refractivity contribution in [2.75, 3.05) is 12.4 Å². The Labute approximate surface area is 163 Å². The first-order valence-electron chi connectivity index (χ1n) is 8.57. The molecule has 0 saturated heterocycles. The van der Waals surface area contributed by atoms with Crippen LogP contribution in [-0.2, 0) is 9.53 Å². The maximum atomic E-state index is 12.6. The van der Waals surface area contributed by atoms with Gasteiger partial charge in [-0.15, -0.1) is 0 Å². The van der Waals surface area contributed by atoms with E-state index in [1.807, 2.05) is 6.92 Å². The van der Waals surface area contributed by atoms with Gasteiger partial charge >= 0.3 is 6.09 Å². The summed E-state index contributed by atoms with van der Waals surface area (Å²) in [6.07, 6.45) is 3.72. The van der Waals surface area contributed by atoms with Gasteiger partial charge in [0.25, 0.3) is 0 Å². The molecule has 8 heteroatoms. The SMILES string of the molecule is COC(C)NC(=O)Oc1ccc(NC(=O)C2(C)CCCCC2)c(Cl)c1Cl. The number of methoxy groups -OCH3 is 1. The molecule has 1 aliphatic carbocycles. The van der Waals surface area contributed by atoms with Crippen LogP contribution >= 0.6 is 23.2 Å². The number of anilines is 1. The third-order valence-electron chi connectivity index (χ3n) is 4.68. The zero-order valence-corrected chi connectivity index (χ0v) is 16.7. The molecule has 2 rings (SSSR count). The lowest BCUT2D eigenvalue weighted by atomic mass is 9.75. The molecule has 0 bridgehead atoms. The Hall–Kier alpha value is -1.50.